The highest BCUT2D eigenvalue weighted by Gasteiger charge is 2.37. The van der Waals surface area contributed by atoms with E-state index in [1.165, 1.54) is 71.8 Å². The molecule has 2 heteroatoms. The van der Waals surface area contributed by atoms with Crippen molar-refractivity contribution < 1.29 is 0 Å². The van der Waals surface area contributed by atoms with Gasteiger partial charge in [0, 0.05) is 22.1 Å². The van der Waals surface area contributed by atoms with Gasteiger partial charge in [-0.2, -0.15) is 0 Å². The number of rotatable bonds is 6. The van der Waals surface area contributed by atoms with E-state index in [1.54, 1.807) is 0 Å². The van der Waals surface area contributed by atoms with Crippen molar-refractivity contribution in [3.05, 3.63) is 217 Å². The Kier molecular flexibility index (Phi) is 8.20. The van der Waals surface area contributed by atoms with Crippen LogP contribution in [0, 0.1) is 0 Å². The minimum absolute atomic E-state index is 0.155. The summed E-state index contributed by atoms with van der Waals surface area (Å²) in [6.45, 7) is 4.70. The van der Waals surface area contributed by atoms with Crippen molar-refractivity contribution in [2.45, 2.75) is 19.3 Å². The summed E-state index contributed by atoms with van der Waals surface area (Å²) >= 11 is 0. The van der Waals surface area contributed by atoms with Crippen molar-refractivity contribution in [2.24, 2.45) is 0 Å². The first-order valence-corrected chi connectivity index (χ1v) is 20.4. The SMILES string of the molecule is CC1(C)c2cc3ccccc3cc2-c2c(-c3cc(-c4ccc(-c5cccc(-c6ccc(-c7ccccc7)cc6)c5)c5ccccc45)nc(-c4ccccc4)n3)cccc21. The first kappa shape index (κ1) is 34.8. The van der Waals surface area contributed by atoms with Crippen LogP contribution in [0.15, 0.2) is 206 Å². The van der Waals surface area contributed by atoms with Gasteiger partial charge in [-0.05, 0) is 101 Å². The van der Waals surface area contributed by atoms with Gasteiger partial charge in [-0.1, -0.05) is 196 Å². The van der Waals surface area contributed by atoms with Gasteiger partial charge >= 0.3 is 0 Å². The topological polar surface area (TPSA) is 25.8 Å². The third-order valence-corrected chi connectivity index (χ3v) is 12.3. The van der Waals surface area contributed by atoms with Crippen LogP contribution in [0.2, 0.25) is 0 Å². The molecule has 2 nitrogen and oxygen atoms in total. The number of hydrogen-bond donors (Lipinski definition) is 0. The highest BCUT2D eigenvalue weighted by molar-refractivity contribution is 6.05. The van der Waals surface area contributed by atoms with Crippen LogP contribution in [0.3, 0.4) is 0 Å². The van der Waals surface area contributed by atoms with E-state index >= 15 is 0 Å². The third kappa shape index (κ3) is 5.96. The molecule has 59 heavy (non-hydrogen) atoms. The molecule has 278 valence electrons. The van der Waals surface area contributed by atoms with E-state index < -0.39 is 0 Å². The quantitative estimate of drug-likeness (QED) is 0.169. The normalized spacial score (nSPS) is 12.7. The second-order valence-electron chi connectivity index (χ2n) is 16.2. The summed E-state index contributed by atoms with van der Waals surface area (Å²) in [6.07, 6.45) is 0. The highest BCUT2D eigenvalue weighted by Crippen LogP contribution is 2.53. The molecule has 0 saturated heterocycles. The van der Waals surface area contributed by atoms with Gasteiger partial charge in [0.1, 0.15) is 0 Å². The Balaban J connectivity index is 1.05. The van der Waals surface area contributed by atoms with Crippen molar-refractivity contribution in [3.8, 4) is 78.4 Å². The zero-order valence-corrected chi connectivity index (χ0v) is 33.0. The van der Waals surface area contributed by atoms with Crippen molar-refractivity contribution in [3.63, 3.8) is 0 Å². The summed E-state index contributed by atoms with van der Waals surface area (Å²) in [7, 11) is 0. The summed E-state index contributed by atoms with van der Waals surface area (Å²) in [5, 5.41) is 4.86. The molecule has 0 aliphatic heterocycles. The van der Waals surface area contributed by atoms with Gasteiger partial charge in [-0.3, -0.25) is 0 Å². The lowest BCUT2D eigenvalue weighted by Crippen LogP contribution is -2.14. The molecule has 1 heterocycles. The molecule has 0 N–H and O–H groups in total. The first-order valence-electron chi connectivity index (χ1n) is 20.4. The highest BCUT2D eigenvalue weighted by atomic mass is 14.9. The number of fused-ring (bicyclic) bond motifs is 5. The molecule has 1 aliphatic rings. The van der Waals surface area contributed by atoms with Crippen LogP contribution in [0.4, 0.5) is 0 Å². The lowest BCUT2D eigenvalue weighted by atomic mass is 9.81. The minimum atomic E-state index is -0.155. The number of hydrogen-bond acceptors (Lipinski definition) is 2. The van der Waals surface area contributed by atoms with Gasteiger partial charge in [0.05, 0.1) is 11.4 Å². The fraction of sp³-hybridized carbons (Fsp3) is 0.0526. The van der Waals surface area contributed by atoms with Crippen LogP contribution in [0.25, 0.3) is 100.0 Å². The fourth-order valence-electron chi connectivity index (χ4n) is 9.25. The maximum absolute atomic E-state index is 5.36. The monoisotopic (exact) mass is 752 g/mol. The van der Waals surface area contributed by atoms with Crippen LogP contribution in [-0.4, -0.2) is 9.97 Å². The van der Waals surface area contributed by atoms with E-state index in [2.05, 4.69) is 214 Å². The smallest absolute Gasteiger partial charge is 0.160 e. The van der Waals surface area contributed by atoms with Crippen LogP contribution < -0.4 is 0 Å². The Morgan fingerprint density at radius 3 is 1.58 bits per heavy atom. The molecule has 0 fully saturated rings. The van der Waals surface area contributed by atoms with E-state index in [0.717, 1.165) is 33.5 Å². The average Bonchev–Trinajstić information content (AvgIpc) is 3.53. The maximum Gasteiger partial charge on any atom is 0.160 e. The molecule has 10 aromatic rings. The standard InChI is InChI=1S/C57H40N2/c1-57(2)51-26-14-25-49(55(51)50-34-42-19-9-10-20-43(42)35-52(50)57)54-36-53(58-56(59-54)40-17-7-4-8-18-40)48-32-31-45(46-23-11-12-24-47(46)48)44-22-13-21-41(33-44)39-29-27-38(28-30-39)37-15-5-3-6-16-37/h3-36H,1-2H3. The summed E-state index contributed by atoms with van der Waals surface area (Å²) in [5.74, 6) is 0.714. The van der Waals surface area contributed by atoms with Crippen molar-refractivity contribution >= 4 is 21.5 Å². The molecule has 1 aliphatic carbocycles. The molecule has 0 amide bonds. The maximum atomic E-state index is 5.36. The lowest BCUT2D eigenvalue weighted by molar-refractivity contribution is 0.661. The second kappa shape index (κ2) is 13.9. The molecule has 0 spiro atoms. The lowest BCUT2D eigenvalue weighted by Gasteiger charge is -2.22. The summed E-state index contributed by atoms with van der Waals surface area (Å²) in [5.41, 5.74) is 17.3. The second-order valence-corrected chi connectivity index (χ2v) is 16.2. The van der Waals surface area contributed by atoms with E-state index in [0.29, 0.717) is 5.82 Å². The van der Waals surface area contributed by atoms with Gasteiger partial charge in [0.25, 0.3) is 0 Å². The zero-order valence-electron chi connectivity index (χ0n) is 33.0. The molecule has 0 bridgehead atoms. The largest absolute Gasteiger partial charge is 0.228 e. The molecule has 0 unspecified atom stereocenters. The molecule has 0 saturated carbocycles. The molecule has 11 rings (SSSR count). The number of benzene rings is 9. The Labute approximate surface area is 345 Å². The first-order chi connectivity index (χ1) is 29.0. The van der Waals surface area contributed by atoms with Crippen molar-refractivity contribution in [1.29, 1.82) is 0 Å². The molecule has 0 radical (unpaired) electrons. The van der Waals surface area contributed by atoms with Crippen molar-refractivity contribution in [1.82, 2.24) is 9.97 Å². The predicted octanol–water partition coefficient (Wildman–Crippen LogP) is 15.1. The Bertz CT molecular complexity index is 3220. The average molecular weight is 753 g/mol. The summed E-state index contributed by atoms with van der Waals surface area (Å²) in [6, 6.07) is 74.4. The molecule has 1 aromatic heterocycles. The third-order valence-electron chi connectivity index (χ3n) is 12.3. The van der Waals surface area contributed by atoms with Crippen LogP contribution in [-0.2, 0) is 5.41 Å². The number of nitrogens with zero attached hydrogens (tertiary/aromatic N) is 2. The van der Waals surface area contributed by atoms with Gasteiger partial charge in [0.2, 0.25) is 0 Å². The molecular weight excluding hydrogens is 713 g/mol. The Morgan fingerprint density at radius 1 is 0.322 bits per heavy atom. The zero-order chi connectivity index (χ0) is 39.5. The van der Waals surface area contributed by atoms with Crippen LogP contribution >= 0.6 is 0 Å². The number of aromatic nitrogens is 2. The Hall–Kier alpha value is -7.42. The van der Waals surface area contributed by atoms with E-state index in [9.17, 15) is 0 Å². The van der Waals surface area contributed by atoms with Crippen LogP contribution in [0.1, 0.15) is 25.0 Å². The molecule has 9 aromatic carbocycles. The van der Waals surface area contributed by atoms with Gasteiger partial charge in [-0.25, -0.2) is 9.97 Å². The van der Waals surface area contributed by atoms with Gasteiger partial charge in [0.15, 0.2) is 5.82 Å². The fourth-order valence-corrected chi connectivity index (χ4v) is 9.25. The van der Waals surface area contributed by atoms with Crippen molar-refractivity contribution in [2.75, 3.05) is 0 Å². The van der Waals surface area contributed by atoms with Gasteiger partial charge in [-0.15, -0.1) is 0 Å². The Morgan fingerprint density at radius 2 is 0.847 bits per heavy atom. The van der Waals surface area contributed by atoms with E-state index in [4.69, 9.17) is 9.97 Å². The molecule has 0 atom stereocenters. The van der Waals surface area contributed by atoms with Crippen LogP contribution in [0.5, 0.6) is 0 Å². The van der Waals surface area contributed by atoms with E-state index in [1.807, 2.05) is 6.07 Å². The van der Waals surface area contributed by atoms with Gasteiger partial charge < -0.3 is 0 Å². The molecular formula is C57H40N2. The summed E-state index contributed by atoms with van der Waals surface area (Å²) < 4.78 is 0. The summed E-state index contributed by atoms with van der Waals surface area (Å²) in [4.78, 5) is 10.7. The minimum Gasteiger partial charge on any atom is -0.228 e. The van der Waals surface area contributed by atoms with E-state index in [-0.39, 0.29) is 5.41 Å². The predicted molar refractivity (Wildman–Crippen MR) is 247 cm³/mol.